The molecule has 2 atom stereocenters. The molecule has 6 heteroatoms. The summed E-state index contributed by atoms with van der Waals surface area (Å²) in [6, 6.07) is 1.67. The van der Waals surface area contributed by atoms with Gasteiger partial charge in [0.05, 0.1) is 18.7 Å². The molecule has 22 heavy (non-hydrogen) atoms. The zero-order chi connectivity index (χ0) is 17.5. The zero-order valence-corrected chi connectivity index (χ0v) is 14.9. The van der Waals surface area contributed by atoms with E-state index < -0.39 is 11.6 Å². The standard InChI is InChI=1S/C16H30N4O2/c1-8-20(9-2)14(21)10-19(7)13(5)15(22)18-16(6,11-17)12(3)4/h12-13H,8-10H2,1-7H3,(H,18,22)/t13-,16-/m0/s1. The summed E-state index contributed by atoms with van der Waals surface area (Å²) < 4.78 is 0. The summed E-state index contributed by atoms with van der Waals surface area (Å²) in [5, 5.41) is 12.1. The minimum Gasteiger partial charge on any atom is -0.342 e. The summed E-state index contributed by atoms with van der Waals surface area (Å²) in [6.07, 6.45) is 0. The quantitative estimate of drug-likeness (QED) is 0.731. The van der Waals surface area contributed by atoms with E-state index in [-0.39, 0.29) is 24.3 Å². The van der Waals surface area contributed by atoms with Gasteiger partial charge in [0.1, 0.15) is 5.54 Å². The molecule has 0 aliphatic rings. The lowest BCUT2D eigenvalue weighted by Gasteiger charge is -2.32. The molecule has 126 valence electrons. The van der Waals surface area contributed by atoms with E-state index in [0.717, 1.165) is 0 Å². The maximum absolute atomic E-state index is 12.3. The Balaban J connectivity index is 4.76. The second-order valence-corrected chi connectivity index (χ2v) is 6.12. The van der Waals surface area contributed by atoms with Crippen LogP contribution in [0.3, 0.4) is 0 Å². The van der Waals surface area contributed by atoms with Crippen molar-refractivity contribution < 1.29 is 9.59 Å². The van der Waals surface area contributed by atoms with E-state index >= 15 is 0 Å². The number of amides is 2. The first-order chi connectivity index (χ1) is 10.1. The summed E-state index contributed by atoms with van der Waals surface area (Å²) in [5.74, 6) is -0.247. The van der Waals surface area contributed by atoms with Crippen molar-refractivity contribution in [2.45, 2.75) is 53.1 Å². The van der Waals surface area contributed by atoms with E-state index in [1.54, 1.807) is 30.7 Å². The van der Waals surface area contributed by atoms with Crippen molar-refractivity contribution in [3.8, 4) is 6.07 Å². The molecule has 2 amide bonds. The number of nitriles is 1. The molecule has 0 aromatic heterocycles. The van der Waals surface area contributed by atoms with Crippen molar-refractivity contribution in [3.63, 3.8) is 0 Å². The molecule has 0 aliphatic heterocycles. The number of carbonyl (C=O) groups excluding carboxylic acids is 2. The average Bonchev–Trinajstić information content (AvgIpc) is 2.46. The molecule has 1 N–H and O–H groups in total. The van der Waals surface area contributed by atoms with Crippen molar-refractivity contribution >= 4 is 11.8 Å². The Morgan fingerprint density at radius 1 is 1.23 bits per heavy atom. The van der Waals surface area contributed by atoms with Gasteiger partial charge >= 0.3 is 0 Å². The van der Waals surface area contributed by atoms with E-state index in [1.807, 2.05) is 27.7 Å². The fraction of sp³-hybridized carbons (Fsp3) is 0.812. The van der Waals surface area contributed by atoms with E-state index in [9.17, 15) is 14.9 Å². The van der Waals surface area contributed by atoms with E-state index in [2.05, 4.69) is 11.4 Å². The number of carbonyl (C=O) groups is 2. The fourth-order valence-corrected chi connectivity index (χ4v) is 1.89. The Labute approximate surface area is 134 Å². The van der Waals surface area contributed by atoms with Crippen LogP contribution in [-0.2, 0) is 9.59 Å². The molecule has 0 aromatic carbocycles. The number of rotatable bonds is 8. The van der Waals surface area contributed by atoms with E-state index in [1.165, 1.54) is 0 Å². The first kappa shape index (κ1) is 20.4. The third-order valence-electron chi connectivity index (χ3n) is 4.31. The third kappa shape index (κ3) is 5.30. The van der Waals surface area contributed by atoms with Gasteiger partial charge in [0, 0.05) is 13.1 Å². The average molecular weight is 310 g/mol. The highest BCUT2D eigenvalue weighted by molar-refractivity contribution is 5.84. The summed E-state index contributed by atoms with van der Waals surface area (Å²) in [5.41, 5.74) is -0.908. The summed E-state index contributed by atoms with van der Waals surface area (Å²) in [7, 11) is 1.74. The van der Waals surface area contributed by atoms with E-state index in [0.29, 0.717) is 13.1 Å². The Morgan fingerprint density at radius 3 is 2.09 bits per heavy atom. The molecule has 0 saturated heterocycles. The van der Waals surface area contributed by atoms with Crippen molar-refractivity contribution in [3.05, 3.63) is 0 Å². The Hall–Kier alpha value is -1.61. The van der Waals surface area contributed by atoms with Crippen LogP contribution in [0.2, 0.25) is 0 Å². The van der Waals surface area contributed by atoms with Gasteiger partial charge in [0.15, 0.2) is 0 Å². The van der Waals surface area contributed by atoms with Gasteiger partial charge in [-0.1, -0.05) is 13.8 Å². The molecule has 6 nitrogen and oxygen atoms in total. The van der Waals surface area contributed by atoms with Gasteiger partial charge in [-0.2, -0.15) is 5.26 Å². The number of nitrogens with one attached hydrogen (secondary N) is 1. The second-order valence-electron chi connectivity index (χ2n) is 6.12. The minimum atomic E-state index is -0.908. The molecule has 0 unspecified atom stereocenters. The molecule has 0 radical (unpaired) electrons. The lowest BCUT2D eigenvalue weighted by Crippen LogP contribution is -2.55. The van der Waals surface area contributed by atoms with Gasteiger partial charge in [-0.05, 0) is 40.7 Å². The predicted octanol–water partition coefficient (Wildman–Crippen LogP) is 1.23. The summed E-state index contributed by atoms with van der Waals surface area (Å²) in [6.45, 7) is 12.6. The number of nitrogens with zero attached hydrogens (tertiary/aromatic N) is 3. The van der Waals surface area contributed by atoms with Gasteiger partial charge < -0.3 is 10.2 Å². The highest BCUT2D eigenvalue weighted by Gasteiger charge is 2.32. The Morgan fingerprint density at radius 2 is 1.73 bits per heavy atom. The first-order valence-electron chi connectivity index (χ1n) is 7.84. The molecule has 0 heterocycles. The molecular formula is C16H30N4O2. The minimum absolute atomic E-state index is 0.000875. The van der Waals surface area contributed by atoms with Gasteiger partial charge in [0.2, 0.25) is 11.8 Å². The van der Waals surface area contributed by atoms with Gasteiger partial charge in [-0.15, -0.1) is 0 Å². The van der Waals surface area contributed by atoms with Crippen molar-refractivity contribution in [2.75, 3.05) is 26.7 Å². The van der Waals surface area contributed by atoms with Crippen LogP contribution < -0.4 is 5.32 Å². The van der Waals surface area contributed by atoms with Crippen molar-refractivity contribution in [1.82, 2.24) is 15.1 Å². The molecule has 0 spiro atoms. The van der Waals surface area contributed by atoms with Crippen LogP contribution in [0, 0.1) is 17.2 Å². The SMILES string of the molecule is CCN(CC)C(=O)CN(C)[C@@H](C)C(=O)N[C@@](C)(C#N)C(C)C. The van der Waals surface area contributed by atoms with Crippen LogP contribution in [0.5, 0.6) is 0 Å². The Kier molecular flexibility index (Phi) is 8.10. The largest absolute Gasteiger partial charge is 0.342 e. The van der Waals surface area contributed by atoms with Gasteiger partial charge in [-0.25, -0.2) is 0 Å². The molecular weight excluding hydrogens is 280 g/mol. The van der Waals surface area contributed by atoms with Crippen LogP contribution in [-0.4, -0.2) is 59.9 Å². The normalized spacial score (nSPS) is 15.1. The van der Waals surface area contributed by atoms with Crippen molar-refractivity contribution in [1.29, 1.82) is 5.26 Å². The number of hydrogen-bond donors (Lipinski definition) is 1. The molecule has 0 bridgehead atoms. The third-order valence-corrected chi connectivity index (χ3v) is 4.31. The highest BCUT2D eigenvalue weighted by atomic mass is 16.2. The zero-order valence-electron chi connectivity index (χ0n) is 14.9. The van der Waals surface area contributed by atoms with Crippen LogP contribution in [0.15, 0.2) is 0 Å². The predicted molar refractivity (Wildman–Crippen MR) is 87.0 cm³/mol. The maximum atomic E-state index is 12.3. The highest BCUT2D eigenvalue weighted by Crippen LogP contribution is 2.15. The first-order valence-corrected chi connectivity index (χ1v) is 7.84. The number of likely N-dealkylation sites (N-methyl/N-ethyl adjacent to an activating group) is 2. The molecule has 0 aromatic rings. The van der Waals surface area contributed by atoms with Crippen LogP contribution in [0.25, 0.3) is 0 Å². The lowest BCUT2D eigenvalue weighted by molar-refractivity contribution is -0.134. The lowest BCUT2D eigenvalue weighted by atomic mass is 9.90. The molecule has 0 aliphatic carbocycles. The molecule has 0 rings (SSSR count). The molecule has 0 saturated carbocycles. The topological polar surface area (TPSA) is 76.4 Å². The van der Waals surface area contributed by atoms with Crippen LogP contribution >= 0.6 is 0 Å². The van der Waals surface area contributed by atoms with Crippen molar-refractivity contribution in [2.24, 2.45) is 5.92 Å². The summed E-state index contributed by atoms with van der Waals surface area (Å²) >= 11 is 0. The molecule has 0 fully saturated rings. The maximum Gasteiger partial charge on any atom is 0.238 e. The van der Waals surface area contributed by atoms with E-state index in [4.69, 9.17) is 0 Å². The summed E-state index contributed by atoms with van der Waals surface area (Å²) in [4.78, 5) is 27.9. The van der Waals surface area contributed by atoms with Crippen LogP contribution in [0.1, 0.15) is 41.5 Å². The Bertz CT molecular complexity index is 426. The van der Waals surface area contributed by atoms with Gasteiger partial charge in [0.25, 0.3) is 0 Å². The van der Waals surface area contributed by atoms with Gasteiger partial charge in [-0.3, -0.25) is 14.5 Å². The number of hydrogen-bond acceptors (Lipinski definition) is 4. The fourth-order valence-electron chi connectivity index (χ4n) is 1.89. The van der Waals surface area contributed by atoms with Crippen LogP contribution in [0.4, 0.5) is 0 Å². The monoisotopic (exact) mass is 310 g/mol. The smallest absolute Gasteiger partial charge is 0.238 e. The second kappa shape index (κ2) is 8.74.